The first-order valence-corrected chi connectivity index (χ1v) is 25.3. The average Bonchev–Trinajstić information content (AvgIpc) is 4.31. The van der Waals surface area contributed by atoms with Gasteiger partial charge in [0, 0.05) is 87.5 Å². The van der Waals surface area contributed by atoms with E-state index >= 15 is 0 Å². The van der Waals surface area contributed by atoms with E-state index in [2.05, 4.69) is 131 Å². The normalized spacial score (nSPS) is 13.3. The summed E-state index contributed by atoms with van der Waals surface area (Å²) >= 11 is 1.83. The number of fused-ring (bicyclic) bond motifs is 18. The second-order valence-electron chi connectivity index (χ2n) is 19.9. The highest BCUT2D eigenvalue weighted by atomic mass is 32.1. The van der Waals surface area contributed by atoms with Gasteiger partial charge in [-0.3, -0.25) is 0 Å². The molecule has 0 unspecified atom stereocenters. The molecule has 0 aliphatic heterocycles. The molecule has 0 amide bonds. The monoisotopic (exact) mass is 963 g/mol. The van der Waals surface area contributed by atoms with Gasteiger partial charge in [-0.15, -0.1) is 11.3 Å². The molecule has 0 bridgehead atoms. The Labute approximate surface area is 419 Å². The van der Waals surface area contributed by atoms with Gasteiger partial charge in [0.2, 0.25) is 0 Å². The zero-order valence-electron chi connectivity index (χ0n) is 39.4. The quantitative estimate of drug-likeness (QED) is 0.166. The number of thiophene rings is 1. The van der Waals surface area contributed by atoms with E-state index in [4.69, 9.17) is 8.83 Å². The summed E-state index contributed by atoms with van der Waals surface area (Å²) in [6.45, 7) is 4.74. The molecule has 8 heteroatoms. The van der Waals surface area contributed by atoms with Crippen molar-refractivity contribution in [2.24, 2.45) is 0 Å². The van der Waals surface area contributed by atoms with Gasteiger partial charge in [0.15, 0.2) is 0 Å². The fourth-order valence-electron chi connectivity index (χ4n) is 12.4. The average molecular weight is 964 g/mol. The van der Waals surface area contributed by atoms with Crippen molar-refractivity contribution in [1.82, 2.24) is 4.40 Å². The van der Waals surface area contributed by atoms with E-state index in [0.717, 1.165) is 82.7 Å². The Morgan fingerprint density at radius 1 is 0.438 bits per heavy atom. The molecule has 16 rings (SSSR count). The van der Waals surface area contributed by atoms with E-state index in [9.17, 15) is 8.78 Å². The molecule has 0 atom stereocenters. The van der Waals surface area contributed by atoms with Gasteiger partial charge in [0.1, 0.15) is 34.0 Å². The Balaban J connectivity index is 0.912. The van der Waals surface area contributed by atoms with Gasteiger partial charge in [0.05, 0.1) is 21.4 Å². The minimum absolute atomic E-state index is 0.283. The number of furan rings is 2. The van der Waals surface area contributed by atoms with Crippen LogP contribution in [0, 0.1) is 11.6 Å². The molecule has 346 valence electrons. The predicted molar refractivity (Wildman–Crippen MR) is 298 cm³/mol. The van der Waals surface area contributed by atoms with Gasteiger partial charge < -0.3 is 23.0 Å². The molecule has 5 aromatic heterocycles. The third-order valence-corrected chi connectivity index (χ3v) is 16.7. The fourth-order valence-corrected chi connectivity index (χ4v) is 13.6. The Morgan fingerprint density at radius 3 is 1.58 bits per heavy atom. The summed E-state index contributed by atoms with van der Waals surface area (Å²) in [5.74, 6) is -0.566. The van der Waals surface area contributed by atoms with E-state index < -0.39 is 5.41 Å². The molecule has 10 aromatic carbocycles. The Kier molecular flexibility index (Phi) is 8.12. The number of aromatic nitrogens is 1. The summed E-state index contributed by atoms with van der Waals surface area (Å²) in [6, 6.07) is 67.2. The van der Waals surface area contributed by atoms with Gasteiger partial charge in [-0.05, 0) is 155 Å². The van der Waals surface area contributed by atoms with Gasteiger partial charge in [0.25, 0.3) is 0 Å². The Bertz CT molecular complexity index is 4810. The largest absolute Gasteiger partial charge is 0.456 e. The zero-order valence-corrected chi connectivity index (χ0v) is 40.2. The second-order valence-corrected chi connectivity index (χ2v) is 21.0. The van der Waals surface area contributed by atoms with Crippen molar-refractivity contribution in [2.75, 3.05) is 9.80 Å². The SMILES string of the molecule is CC1(C)c2cc(N(c3ccc(F)cc3)c3ccc4oc5ccccc5c4c3)ccc2-c2c1c1c3ccccc3cc3c4sc5cc(N(c6ccc(F)cc6)c6ccc7oc8ccccc8c7c6)ccc5c4n2c31. The van der Waals surface area contributed by atoms with Crippen molar-refractivity contribution in [1.29, 1.82) is 0 Å². The van der Waals surface area contributed by atoms with E-state index in [1.807, 2.05) is 84.1 Å². The van der Waals surface area contributed by atoms with E-state index in [-0.39, 0.29) is 11.6 Å². The summed E-state index contributed by atoms with van der Waals surface area (Å²) in [5.41, 5.74) is 15.9. The van der Waals surface area contributed by atoms with E-state index in [0.29, 0.717) is 0 Å². The third kappa shape index (κ3) is 5.64. The summed E-state index contributed by atoms with van der Waals surface area (Å²) < 4.78 is 46.7. The summed E-state index contributed by atoms with van der Waals surface area (Å²) in [4.78, 5) is 4.43. The molecule has 0 saturated carbocycles. The van der Waals surface area contributed by atoms with E-state index in [1.54, 1.807) is 0 Å². The Hall–Kier alpha value is -8.98. The summed E-state index contributed by atoms with van der Waals surface area (Å²) in [6.07, 6.45) is 0. The van der Waals surface area contributed by atoms with Gasteiger partial charge in [-0.2, -0.15) is 0 Å². The van der Waals surface area contributed by atoms with Crippen molar-refractivity contribution in [3.05, 3.63) is 223 Å². The minimum atomic E-state index is -0.404. The maximum absolute atomic E-state index is 14.6. The van der Waals surface area contributed by atoms with Crippen LogP contribution in [-0.2, 0) is 5.41 Å². The second kappa shape index (κ2) is 14.6. The molecule has 0 radical (unpaired) electrons. The highest BCUT2D eigenvalue weighted by Gasteiger charge is 2.42. The van der Waals surface area contributed by atoms with Crippen LogP contribution in [0.3, 0.4) is 0 Å². The molecule has 0 N–H and O–H groups in total. The van der Waals surface area contributed by atoms with Crippen LogP contribution in [0.5, 0.6) is 0 Å². The van der Waals surface area contributed by atoms with Crippen LogP contribution in [0.2, 0.25) is 0 Å². The fraction of sp³-hybridized carbons (Fsp3) is 0.0462. The van der Waals surface area contributed by atoms with Gasteiger partial charge in [-0.25, -0.2) is 8.78 Å². The molecule has 73 heavy (non-hydrogen) atoms. The highest BCUT2D eigenvalue weighted by molar-refractivity contribution is 7.26. The number of hydrogen-bond acceptors (Lipinski definition) is 5. The van der Waals surface area contributed by atoms with Crippen LogP contribution in [-0.4, -0.2) is 4.40 Å². The van der Waals surface area contributed by atoms with Crippen molar-refractivity contribution in [3.63, 3.8) is 0 Å². The maximum Gasteiger partial charge on any atom is 0.135 e. The lowest BCUT2D eigenvalue weighted by atomic mass is 9.80. The smallest absolute Gasteiger partial charge is 0.135 e. The van der Waals surface area contributed by atoms with Crippen LogP contribution in [0.1, 0.15) is 25.0 Å². The van der Waals surface area contributed by atoms with Crippen LogP contribution in [0.25, 0.3) is 102 Å². The van der Waals surface area contributed by atoms with Crippen LogP contribution in [0.15, 0.2) is 209 Å². The molecule has 5 heterocycles. The lowest BCUT2D eigenvalue weighted by Crippen LogP contribution is -2.16. The van der Waals surface area contributed by atoms with Crippen molar-refractivity contribution < 1.29 is 17.6 Å². The highest BCUT2D eigenvalue weighted by Crippen LogP contribution is 2.59. The van der Waals surface area contributed by atoms with Crippen molar-refractivity contribution >= 4 is 137 Å². The molecular weight excluding hydrogens is 925 g/mol. The summed E-state index contributed by atoms with van der Waals surface area (Å²) in [7, 11) is 0. The number of anilines is 6. The molecule has 0 fully saturated rings. The van der Waals surface area contributed by atoms with Gasteiger partial charge >= 0.3 is 0 Å². The minimum Gasteiger partial charge on any atom is -0.456 e. The van der Waals surface area contributed by atoms with Crippen LogP contribution >= 0.6 is 11.3 Å². The number of para-hydroxylation sites is 2. The molecule has 5 nitrogen and oxygen atoms in total. The number of hydrogen-bond donors (Lipinski definition) is 0. The third-order valence-electron chi connectivity index (χ3n) is 15.6. The van der Waals surface area contributed by atoms with E-state index in [1.165, 1.54) is 89.3 Å². The first kappa shape index (κ1) is 40.7. The standard InChI is InChI=1S/C65H39F2N3O2S/c1-65(2)53-34-43(68(39-19-15-37(66)16-20-39)41-25-29-56-50(32-41)46-11-5-7-13-54(46)71-56)23-27-48(53)62-60(65)59-45-10-4-3-9-36(45)31-52-61(59)70(62)63-49-28-24-44(35-58(49)73-64(52)63)69(40-21-17-38(67)18-22-40)42-26-30-57-51(33-42)47-12-6-8-14-55(47)72-57/h3-35H,1-2H3. The lowest BCUT2D eigenvalue weighted by molar-refractivity contribution is 0.627. The maximum atomic E-state index is 14.6. The molecule has 15 aromatic rings. The number of rotatable bonds is 6. The number of halogens is 2. The zero-order chi connectivity index (χ0) is 48.4. The topological polar surface area (TPSA) is 37.2 Å². The number of nitrogens with zero attached hydrogens (tertiary/aromatic N) is 3. The van der Waals surface area contributed by atoms with Crippen LogP contribution in [0.4, 0.5) is 42.9 Å². The Morgan fingerprint density at radius 2 is 0.945 bits per heavy atom. The molecule has 1 aliphatic carbocycles. The molecule has 0 saturated heterocycles. The molecule has 0 spiro atoms. The first-order chi connectivity index (χ1) is 35.7. The molecule has 1 aliphatic rings. The molecular formula is C65H39F2N3O2S. The van der Waals surface area contributed by atoms with Gasteiger partial charge in [-0.1, -0.05) is 80.6 Å². The van der Waals surface area contributed by atoms with Crippen molar-refractivity contribution in [3.8, 4) is 11.3 Å². The van der Waals surface area contributed by atoms with Crippen molar-refractivity contribution in [2.45, 2.75) is 19.3 Å². The van der Waals surface area contributed by atoms with Crippen LogP contribution < -0.4 is 9.80 Å². The lowest BCUT2D eigenvalue weighted by Gasteiger charge is -2.28. The predicted octanol–water partition coefficient (Wildman–Crippen LogP) is 19.4. The summed E-state index contributed by atoms with van der Waals surface area (Å²) in [5, 5.41) is 10.3. The number of benzene rings is 10. The first-order valence-electron chi connectivity index (χ1n) is 24.5.